The molecular weight excluding hydrogens is 398 g/mol. The Morgan fingerprint density at radius 1 is 1.10 bits per heavy atom. The first-order valence-electron chi connectivity index (χ1n) is 10.5. The Balaban J connectivity index is 1.31. The van der Waals surface area contributed by atoms with E-state index in [4.69, 9.17) is 4.74 Å². The SMILES string of the molecule is Cn1c(=O)c2c(ncn2CC(=O)N2CCC3(CCc4ccccc4O3)CC2)n(C)c1=O. The van der Waals surface area contributed by atoms with Gasteiger partial charge in [0.1, 0.15) is 17.9 Å². The molecule has 0 atom stereocenters. The van der Waals surface area contributed by atoms with Crippen LogP contribution < -0.4 is 16.0 Å². The minimum Gasteiger partial charge on any atom is -0.487 e. The number of piperidine rings is 1. The van der Waals surface area contributed by atoms with Gasteiger partial charge in [0.05, 0.1) is 6.33 Å². The number of carbonyl (C=O) groups excluding carboxylic acids is 1. The molecule has 0 aliphatic carbocycles. The van der Waals surface area contributed by atoms with Gasteiger partial charge in [-0.1, -0.05) is 18.2 Å². The Hall–Kier alpha value is -3.36. The number of ether oxygens (including phenoxy) is 1. The van der Waals surface area contributed by atoms with Crippen LogP contribution in [0.25, 0.3) is 11.2 Å². The minimum absolute atomic E-state index is 0.0145. The number of aromatic nitrogens is 4. The lowest BCUT2D eigenvalue weighted by Gasteiger charge is -2.44. The minimum atomic E-state index is -0.449. The highest BCUT2D eigenvalue weighted by Crippen LogP contribution is 2.39. The zero-order valence-electron chi connectivity index (χ0n) is 17.7. The smallest absolute Gasteiger partial charge is 0.332 e. The van der Waals surface area contributed by atoms with E-state index in [-0.39, 0.29) is 29.2 Å². The quantitative estimate of drug-likeness (QED) is 0.609. The maximum absolute atomic E-state index is 13.0. The summed E-state index contributed by atoms with van der Waals surface area (Å²) < 4.78 is 10.3. The second kappa shape index (κ2) is 7.11. The first kappa shape index (κ1) is 19.6. The van der Waals surface area contributed by atoms with Crippen molar-refractivity contribution in [2.45, 2.75) is 37.8 Å². The van der Waals surface area contributed by atoms with Gasteiger partial charge in [-0.05, 0) is 24.5 Å². The Labute approximate surface area is 178 Å². The number of nitrogens with zero attached hydrogens (tertiary/aromatic N) is 5. The summed E-state index contributed by atoms with van der Waals surface area (Å²) in [6.07, 6.45) is 4.98. The molecular formula is C22H25N5O4. The Bertz CT molecular complexity index is 1290. The highest BCUT2D eigenvalue weighted by molar-refractivity contribution is 5.79. The molecule has 1 spiro atoms. The molecule has 3 aromatic rings. The van der Waals surface area contributed by atoms with Crippen LogP contribution in [0.1, 0.15) is 24.8 Å². The van der Waals surface area contributed by atoms with Gasteiger partial charge in [0.25, 0.3) is 5.56 Å². The molecule has 0 N–H and O–H groups in total. The third kappa shape index (κ3) is 3.15. The normalized spacial score (nSPS) is 17.5. The number of amides is 1. The van der Waals surface area contributed by atoms with E-state index in [1.165, 1.54) is 28.1 Å². The molecule has 4 heterocycles. The van der Waals surface area contributed by atoms with E-state index in [1.54, 1.807) is 7.05 Å². The fraction of sp³-hybridized carbons (Fsp3) is 0.455. The van der Waals surface area contributed by atoms with E-state index in [0.29, 0.717) is 13.1 Å². The van der Waals surface area contributed by atoms with E-state index >= 15 is 0 Å². The maximum Gasteiger partial charge on any atom is 0.332 e. The molecule has 0 unspecified atom stereocenters. The second-order valence-corrected chi connectivity index (χ2v) is 8.52. The monoisotopic (exact) mass is 423 g/mol. The van der Waals surface area contributed by atoms with Crippen molar-refractivity contribution in [1.29, 1.82) is 0 Å². The van der Waals surface area contributed by atoms with Crippen LogP contribution in [-0.2, 0) is 31.9 Å². The van der Waals surface area contributed by atoms with Crippen LogP contribution in [0.5, 0.6) is 5.75 Å². The van der Waals surface area contributed by atoms with Crippen molar-refractivity contribution in [2.75, 3.05) is 13.1 Å². The van der Waals surface area contributed by atoms with E-state index in [1.807, 2.05) is 23.1 Å². The molecule has 2 aromatic heterocycles. The second-order valence-electron chi connectivity index (χ2n) is 8.52. The molecule has 0 bridgehead atoms. The third-order valence-electron chi connectivity index (χ3n) is 6.70. The fourth-order valence-corrected chi connectivity index (χ4v) is 4.73. The molecule has 1 fully saturated rings. The van der Waals surface area contributed by atoms with Crippen LogP contribution in [0, 0.1) is 0 Å². The molecule has 0 radical (unpaired) electrons. The molecule has 9 nitrogen and oxygen atoms in total. The number of benzene rings is 1. The number of imidazole rings is 1. The lowest BCUT2D eigenvalue weighted by Crippen LogP contribution is -2.51. The zero-order valence-corrected chi connectivity index (χ0v) is 17.7. The van der Waals surface area contributed by atoms with Crippen molar-refractivity contribution in [2.24, 2.45) is 14.1 Å². The first-order chi connectivity index (χ1) is 14.9. The number of para-hydroxylation sites is 1. The van der Waals surface area contributed by atoms with Gasteiger partial charge in [-0.25, -0.2) is 9.78 Å². The van der Waals surface area contributed by atoms with Crippen LogP contribution in [0.4, 0.5) is 0 Å². The summed E-state index contributed by atoms with van der Waals surface area (Å²) in [5.41, 5.74) is 0.696. The third-order valence-corrected chi connectivity index (χ3v) is 6.70. The Kier molecular flexibility index (Phi) is 4.49. The van der Waals surface area contributed by atoms with Gasteiger partial charge in [0, 0.05) is 40.0 Å². The summed E-state index contributed by atoms with van der Waals surface area (Å²) in [5, 5.41) is 0. The van der Waals surface area contributed by atoms with Crippen molar-refractivity contribution in [3.05, 3.63) is 57.0 Å². The highest BCUT2D eigenvalue weighted by atomic mass is 16.5. The molecule has 1 aromatic carbocycles. The van der Waals surface area contributed by atoms with Gasteiger partial charge in [-0.2, -0.15) is 0 Å². The van der Waals surface area contributed by atoms with Crippen molar-refractivity contribution < 1.29 is 9.53 Å². The number of fused-ring (bicyclic) bond motifs is 2. The highest BCUT2D eigenvalue weighted by Gasteiger charge is 2.40. The largest absolute Gasteiger partial charge is 0.487 e. The predicted octanol–water partition coefficient (Wildman–Crippen LogP) is 0.820. The van der Waals surface area contributed by atoms with E-state index in [9.17, 15) is 14.4 Å². The average Bonchev–Trinajstić information content (AvgIpc) is 3.20. The molecule has 2 aliphatic rings. The lowest BCUT2D eigenvalue weighted by molar-refractivity contribution is -0.135. The van der Waals surface area contributed by atoms with Crippen LogP contribution >= 0.6 is 0 Å². The summed E-state index contributed by atoms with van der Waals surface area (Å²) in [6.45, 7) is 1.24. The number of hydrogen-bond donors (Lipinski definition) is 0. The number of aryl methyl sites for hydroxylation is 2. The molecule has 1 amide bonds. The Morgan fingerprint density at radius 2 is 1.84 bits per heavy atom. The van der Waals surface area contributed by atoms with Crippen LogP contribution in [0.3, 0.4) is 0 Å². The molecule has 5 rings (SSSR count). The topological polar surface area (TPSA) is 91.4 Å². The summed E-state index contributed by atoms with van der Waals surface area (Å²) >= 11 is 0. The van der Waals surface area contributed by atoms with E-state index in [0.717, 1.165) is 36.0 Å². The summed E-state index contributed by atoms with van der Waals surface area (Å²) in [4.78, 5) is 43.7. The predicted molar refractivity (Wildman–Crippen MR) is 114 cm³/mol. The van der Waals surface area contributed by atoms with E-state index < -0.39 is 11.2 Å². The first-order valence-corrected chi connectivity index (χ1v) is 10.5. The number of likely N-dealkylation sites (tertiary alicyclic amines) is 1. The fourth-order valence-electron chi connectivity index (χ4n) is 4.73. The van der Waals surface area contributed by atoms with Crippen molar-refractivity contribution in [3.63, 3.8) is 0 Å². The molecule has 9 heteroatoms. The van der Waals surface area contributed by atoms with Crippen LogP contribution in [0.2, 0.25) is 0 Å². The standard InChI is InChI=1S/C22H25N5O4/c1-24-19-18(20(29)25(2)21(24)30)27(14-23-19)13-17(28)26-11-9-22(10-12-26)8-7-15-5-3-4-6-16(15)31-22/h3-6,14H,7-13H2,1-2H3. The van der Waals surface area contributed by atoms with Crippen molar-refractivity contribution in [3.8, 4) is 5.75 Å². The van der Waals surface area contributed by atoms with Gasteiger partial charge in [-0.3, -0.25) is 18.7 Å². The molecule has 2 aliphatic heterocycles. The number of hydrogen-bond acceptors (Lipinski definition) is 5. The van der Waals surface area contributed by atoms with Gasteiger partial charge >= 0.3 is 5.69 Å². The van der Waals surface area contributed by atoms with Gasteiger partial charge in [0.15, 0.2) is 11.2 Å². The number of rotatable bonds is 2. The van der Waals surface area contributed by atoms with Gasteiger partial charge in [0.2, 0.25) is 5.91 Å². The Morgan fingerprint density at radius 3 is 2.61 bits per heavy atom. The summed E-state index contributed by atoms with van der Waals surface area (Å²) in [5.74, 6) is 0.890. The van der Waals surface area contributed by atoms with Crippen LogP contribution in [-0.4, -0.2) is 48.2 Å². The lowest BCUT2D eigenvalue weighted by atomic mass is 9.83. The van der Waals surface area contributed by atoms with Crippen molar-refractivity contribution in [1.82, 2.24) is 23.6 Å². The summed E-state index contributed by atoms with van der Waals surface area (Å²) in [7, 11) is 2.99. The molecule has 1 saturated heterocycles. The average molecular weight is 423 g/mol. The zero-order chi connectivity index (χ0) is 21.8. The molecule has 31 heavy (non-hydrogen) atoms. The molecule has 0 saturated carbocycles. The summed E-state index contributed by atoms with van der Waals surface area (Å²) in [6, 6.07) is 8.15. The van der Waals surface area contributed by atoms with Crippen molar-refractivity contribution >= 4 is 17.1 Å². The maximum atomic E-state index is 13.0. The van der Waals surface area contributed by atoms with Gasteiger partial charge in [-0.15, -0.1) is 0 Å². The van der Waals surface area contributed by atoms with Crippen LogP contribution in [0.15, 0.2) is 40.2 Å². The van der Waals surface area contributed by atoms with Gasteiger partial charge < -0.3 is 14.2 Å². The number of carbonyl (C=O) groups is 1. The van der Waals surface area contributed by atoms with E-state index in [2.05, 4.69) is 11.1 Å². The molecule has 162 valence electrons.